The summed E-state index contributed by atoms with van der Waals surface area (Å²) >= 11 is 1.40. The number of carbonyl (C=O) groups excluding carboxylic acids is 2. The predicted octanol–water partition coefficient (Wildman–Crippen LogP) is 4.81. The molecule has 0 fully saturated rings. The van der Waals surface area contributed by atoms with E-state index in [0.29, 0.717) is 11.3 Å². The third-order valence-electron chi connectivity index (χ3n) is 4.41. The molecule has 1 amide bonds. The molecule has 3 rings (SSSR count). The third-order valence-corrected chi connectivity index (χ3v) is 5.49. The summed E-state index contributed by atoms with van der Waals surface area (Å²) in [6, 6.07) is 13.2. The minimum atomic E-state index is -0.354. The minimum absolute atomic E-state index is 0.0333. The van der Waals surface area contributed by atoms with E-state index in [4.69, 9.17) is 0 Å². The Morgan fingerprint density at radius 1 is 1.14 bits per heavy atom. The Balaban J connectivity index is 1.74. The molecular weight excluding hydrogens is 370 g/mol. The standard InChI is InChI=1S/C22H23N3O2S/c1-14-8-9-20(15(2)12-14)25-11-10-23-22(25)28-17(4)21(27)24-19-7-5-6-18(13-19)16(3)26/h5-13,17H,1-4H3,(H,24,27)/t17-/m1/s1. The van der Waals surface area contributed by atoms with Gasteiger partial charge < -0.3 is 5.32 Å². The molecule has 28 heavy (non-hydrogen) atoms. The fourth-order valence-corrected chi connectivity index (χ4v) is 3.78. The maximum atomic E-state index is 12.6. The van der Waals surface area contributed by atoms with E-state index < -0.39 is 0 Å². The van der Waals surface area contributed by atoms with Crippen LogP contribution in [0.5, 0.6) is 0 Å². The number of anilines is 1. The molecule has 0 unspecified atom stereocenters. The van der Waals surface area contributed by atoms with Crippen molar-refractivity contribution in [1.29, 1.82) is 0 Å². The van der Waals surface area contributed by atoms with E-state index in [9.17, 15) is 9.59 Å². The number of carbonyl (C=O) groups is 2. The first-order chi connectivity index (χ1) is 13.3. The number of amides is 1. The van der Waals surface area contributed by atoms with Crippen molar-refractivity contribution < 1.29 is 9.59 Å². The van der Waals surface area contributed by atoms with E-state index in [0.717, 1.165) is 16.4 Å². The van der Waals surface area contributed by atoms with Crippen LogP contribution in [0, 0.1) is 13.8 Å². The lowest BCUT2D eigenvalue weighted by molar-refractivity contribution is -0.115. The predicted molar refractivity (Wildman–Crippen MR) is 113 cm³/mol. The van der Waals surface area contributed by atoms with E-state index >= 15 is 0 Å². The van der Waals surface area contributed by atoms with Gasteiger partial charge in [0.25, 0.3) is 0 Å². The maximum Gasteiger partial charge on any atom is 0.237 e. The molecule has 6 heteroatoms. The Bertz CT molecular complexity index is 1030. The quantitative estimate of drug-likeness (QED) is 0.482. The average molecular weight is 394 g/mol. The second-order valence-electron chi connectivity index (χ2n) is 6.76. The van der Waals surface area contributed by atoms with Crippen LogP contribution in [0.15, 0.2) is 60.0 Å². The number of thioether (sulfide) groups is 1. The second kappa shape index (κ2) is 8.44. The molecule has 1 N–H and O–H groups in total. The summed E-state index contributed by atoms with van der Waals surface area (Å²) in [4.78, 5) is 28.6. The van der Waals surface area contributed by atoms with Gasteiger partial charge >= 0.3 is 0 Å². The summed E-state index contributed by atoms with van der Waals surface area (Å²) in [6.45, 7) is 7.48. The number of ketones is 1. The summed E-state index contributed by atoms with van der Waals surface area (Å²) in [5.74, 6) is -0.171. The molecule has 0 aliphatic rings. The SMILES string of the molecule is CC(=O)c1cccc(NC(=O)[C@@H](C)Sc2nccn2-c2ccc(C)cc2C)c1. The summed E-state index contributed by atoms with van der Waals surface area (Å²) in [5, 5.41) is 3.28. The number of nitrogens with zero attached hydrogens (tertiary/aromatic N) is 2. The first-order valence-electron chi connectivity index (χ1n) is 9.04. The third kappa shape index (κ3) is 4.51. The highest BCUT2D eigenvalue weighted by Crippen LogP contribution is 2.27. The minimum Gasteiger partial charge on any atom is -0.325 e. The Hall–Kier alpha value is -2.86. The highest BCUT2D eigenvalue weighted by Gasteiger charge is 2.18. The van der Waals surface area contributed by atoms with Crippen LogP contribution in [0.25, 0.3) is 5.69 Å². The van der Waals surface area contributed by atoms with Gasteiger partial charge in [-0.15, -0.1) is 0 Å². The van der Waals surface area contributed by atoms with Gasteiger partial charge in [0, 0.05) is 23.6 Å². The molecule has 1 atom stereocenters. The van der Waals surface area contributed by atoms with Gasteiger partial charge in [-0.2, -0.15) is 0 Å². The van der Waals surface area contributed by atoms with E-state index in [-0.39, 0.29) is 16.9 Å². The van der Waals surface area contributed by atoms with Crippen LogP contribution in [-0.2, 0) is 4.79 Å². The van der Waals surface area contributed by atoms with Gasteiger partial charge in [-0.25, -0.2) is 4.98 Å². The molecule has 1 heterocycles. The summed E-state index contributed by atoms with van der Waals surface area (Å²) in [5.41, 5.74) is 4.59. The number of nitrogens with one attached hydrogen (secondary N) is 1. The average Bonchev–Trinajstić information content (AvgIpc) is 3.09. The monoisotopic (exact) mass is 393 g/mol. The number of hydrogen-bond acceptors (Lipinski definition) is 4. The topological polar surface area (TPSA) is 64.0 Å². The summed E-state index contributed by atoms with van der Waals surface area (Å²) in [6.07, 6.45) is 3.64. The van der Waals surface area contributed by atoms with Crippen LogP contribution >= 0.6 is 11.8 Å². The number of aryl methyl sites for hydroxylation is 2. The Kier molecular flexibility index (Phi) is 5.99. The molecule has 0 bridgehead atoms. The van der Waals surface area contributed by atoms with Gasteiger partial charge in [0.1, 0.15) is 0 Å². The zero-order chi connectivity index (χ0) is 20.3. The van der Waals surface area contributed by atoms with Gasteiger partial charge in [-0.05, 0) is 51.5 Å². The van der Waals surface area contributed by atoms with Crippen molar-refractivity contribution in [3.8, 4) is 5.69 Å². The first-order valence-corrected chi connectivity index (χ1v) is 9.92. The van der Waals surface area contributed by atoms with Gasteiger partial charge in [0.05, 0.1) is 10.9 Å². The molecule has 144 valence electrons. The van der Waals surface area contributed by atoms with Crippen molar-refractivity contribution in [2.75, 3.05) is 5.32 Å². The lowest BCUT2D eigenvalue weighted by Crippen LogP contribution is -2.23. The molecule has 1 aromatic heterocycles. The number of rotatable bonds is 6. The zero-order valence-corrected chi connectivity index (χ0v) is 17.2. The number of hydrogen-bond donors (Lipinski definition) is 1. The fraction of sp³-hybridized carbons (Fsp3) is 0.227. The molecule has 0 saturated carbocycles. The summed E-state index contributed by atoms with van der Waals surface area (Å²) in [7, 11) is 0. The molecule has 5 nitrogen and oxygen atoms in total. The van der Waals surface area contributed by atoms with Crippen LogP contribution in [0.1, 0.15) is 35.3 Å². The highest BCUT2D eigenvalue weighted by atomic mass is 32.2. The van der Waals surface area contributed by atoms with Crippen molar-refractivity contribution >= 4 is 29.1 Å². The molecule has 2 aromatic carbocycles. The van der Waals surface area contributed by atoms with Crippen molar-refractivity contribution in [1.82, 2.24) is 9.55 Å². The lowest BCUT2D eigenvalue weighted by Gasteiger charge is -2.15. The molecular formula is C22H23N3O2S. The lowest BCUT2D eigenvalue weighted by atomic mass is 10.1. The molecule has 3 aromatic rings. The van der Waals surface area contributed by atoms with E-state index in [1.807, 2.05) is 17.7 Å². The fourth-order valence-electron chi connectivity index (χ4n) is 2.91. The Morgan fingerprint density at radius 2 is 1.93 bits per heavy atom. The van der Waals surface area contributed by atoms with Gasteiger partial charge in [-0.3, -0.25) is 14.2 Å². The van der Waals surface area contributed by atoms with E-state index in [1.165, 1.54) is 24.2 Å². The smallest absolute Gasteiger partial charge is 0.237 e. The normalized spacial score (nSPS) is 11.9. The van der Waals surface area contributed by atoms with Crippen LogP contribution in [0.2, 0.25) is 0 Å². The number of Topliss-reactive ketones (excluding diaryl/α,β-unsaturated/α-hetero) is 1. The van der Waals surface area contributed by atoms with Gasteiger partial charge in [0.15, 0.2) is 10.9 Å². The molecule has 0 spiro atoms. The van der Waals surface area contributed by atoms with Crippen LogP contribution in [0.3, 0.4) is 0 Å². The molecule has 0 aliphatic carbocycles. The van der Waals surface area contributed by atoms with E-state index in [2.05, 4.69) is 42.3 Å². The summed E-state index contributed by atoms with van der Waals surface area (Å²) < 4.78 is 2.00. The molecule has 0 saturated heterocycles. The second-order valence-corrected chi connectivity index (χ2v) is 8.06. The number of imidazole rings is 1. The van der Waals surface area contributed by atoms with Crippen LogP contribution in [-0.4, -0.2) is 26.5 Å². The zero-order valence-electron chi connectivity index (χ0n) is 16.4. The molecule has 0 aliphatic heterocycles. The van der Waals surface area contributed by atoms with Gasteiger partial charge in [0.2, 0.25) is 5.91 Å². The van der Waals surface area contributed by atoms with Crippen molar-refractivity contribution in [3.05, 3.63) is 71.5 Å². The Morgan fingerprint density at radius 3 is 2.64 bits per heavy atom. The molecule has 0 radical (unpaired) electrons. The largest absolute Gasteiger partial charge is 0.325 e. The Labute approximate surface area is 169 Å². The maximum absolute atomic E-state index is 12.6. The van der Waals surface area contributed by atoms with E-state index in [1.54, 1.807) is 30.5 Å². The van der Waals surface area contributed by atoms with Crippen LogP contribution < -0.4 is 5.32 Å². The number of aromatic nitrogens is 2. The number of benzene rings is 2. The van der Waals surface area contributed by atoms with Crippen molar-refractivity contribution in [2.24, 2.45) is 0 Å². The van der Waals surface area contributed by atoms with Crippen molar-refractivity contribution in [2.45, 2.75) is 38.1 Å². The first kappa shape index (κ1) is 19.9. The van der Waals surface area contributed by atoms with Gasteiger partial charge in [-0.1, -0.05) is 41.6 Å². The highest BCUT2D eigenvalue weighted by molar-refractivity contribution is 8.00. The van der Waals surface area contributed by atoms with Crippen molar-refractivity contribution in [3.63, 3.8) is 0 Å². The van der Waals surface area contributed by atoms with Crippen LogP contribution in [0.4, 0.5) is 5.69 Å².